The van der Waals surface area contributed by atoms with Crippen LogP contribution in [0.25, 0.3) is 5.69 Å². The molecule has 2 aromatic heterocycles. The maximum atomic E-state index is 12.4. The SMILES string of the molecule is Cc1c(N=Nc2ccc(S(=O)(=O)O)cc2C(=O)O)c(O)[nH]c(=O)c1-[n+]1cccc(C(=O)O)c1. The predicted octanol–water partition coefficient (Wildman–Crippen LogP) is 1.72. The van der Waals surface area contributed by atoms with Crippen LogP contribution in [0.15, 0.2) is 62.6 Å². The van der Waals surface area contributed by atoms with Gasteiger partial charge in [0.25, 0.3) is 15.8 Å². The summed E-state index contributed by atoms with van der Waals surface area (Å²) in [6, 6.07) is 5.29. The number of aromatic hydroxyl groups is 1. The Morgan fingerprint density at radius 3 is 2.39 bits per heavy atom. The van der Waals surface area contributed by atoms with Crippen LogP contribution in [0, 0.1) is 6.92 Å². The molecule has 0 aliphatic carbocycles. The van der Waals surface area contributed by atoms with E-state index in [1.165, 1.54) is 36.0 Å². The lowest BCUT2D eigenvalue weighted by atomic mass is 10.2. The smallest absolute Gasteiger partial charge is 0.341 e. The van der Waals surface area contributed by atoms with Gasteiger partial charge in [-0.1, -0.05) is 0 Å². The molecule has 170 valence electrons. The van der Waals surface area contributed by atoms with Crippen LogP contribution in [0.5, 0.6) is 5.88 Å². The Morgan fingerprint density at radius 1 is 1.09 bits per heavy atom. The molecule has 5 N–H and O–H groups in total. The number of azo groups is 1. The van der Waals surface area contributed by atoms with E-state index < -0.39 is 44.0 Å². The van der Waals surface area contributed by atoms with Crippen LogP contribution in [0.4, 0.5) is 11.4 Å². The number of H-pyrrole nitrogens is 1. The number of aromatic amines is 1. The second-order valence-electron chi connectivity index (χ2n) is 6.59. The molecule has 0 amide bonds. The predicted molar refractivity (Wildman–Crippen MR) is 109 cm³/mol. The highest BCUT2D eigenvalue weighted by Gasteiger charge is 2.24. The number of hydrogen-bond donors (Lipinski definition) is 5. The molecule has 0 fully saturated rings. The molecule has 3 rings (SSSR count). The number of pyridine rings is 2. The highest BCUT2D eigenvalue weighted by Crippen LogP contribution is 2.32. The molecule has 14 heteroatoms. The van der Waals surface area contributed by atoms with Gasteiger partial charge in [0.2, 0.25) is 5.88 Å². The summed E-state index contributed by atoms with van der Waals surface area (Å²) in [5, 5.41) is 36.2. The second kappa shape index (κ2) is 8.60. The largest absolute Gasteiger partial charge is 0.493 e. The van der Waals surface area contributed by atoms with E-state index in [4.69, 9.17) is 4.55 Å². The number of benzene rings is 1. The van der Waals surface area contributed by atoms with Crippen molar-refractivity contribution < 1.29 is 42.4 Å². The fourth-order valence-corrected chi connectivity index (χ4v) is 3.40. The summed E-state index contributed by atoms with van der Waals surface area (Å²) in [6.45, 7) is 1.40. The van der Waals surface area contributed by atoms with Crippen molar-refractivity contribution in [2.24, 2.45) is 10.2 Å². The van der Waals surface area contributed by atoms with E-state index in [2.05, 4.69) is 15.2 Å². The zero-order chi connectivity index (χ0) is 24.5. The molecule has 3 aromatic rings. The fourth-order valence-electron chi connectivity index (χ4n) is 2.90. The summed E-state index contributed by atoms with van der Waals surface area (Å²) in [5.41, 5.74) is -2.03. The quantitative estimate of drug-likeness (QED) is 0.199. The van der Waals surface area contributed by atoms with E-state index in [0.717, 1.165) is 12.1 Å². The fraction of sp³-hybridized carbons (Fsp3) is 0.0526. The first kappa shape index (κ1) is 23.2. The molecule has 0 atom stereocenters. The summed E-state index contributed by atoms with van der Waals surface area (Å²) < 4.78 is 32.8. The van der Waals surface area contributed by atoms with Gasteiger partial charge in [-0.05, 0) is 31.2 Å². The lowest BCUT2D eigenvalue weighted by Crippen LogP contribution is -2.38. The Labute approximate surface area is 184 Å². The van der Waals surface area contributed by atoms with Gasteiger partial charge in [0.05, 0.1) is 16.0 Å². The van der Waals surface area contributed by atoms with Gasteiger partial charge in [-0.2, -0.15) is 13.0 Å². The molecular weight excluding hydrogens is 460 g/mol. The number of hydrogen-bond acceptors (Lipinski definition) is 8. The maximum absolute atomic E-state index is 12.4. The zero-order valence-electron chi connectivity index (χ0n) is 16.6. The summed E-state index contributed by atoms with van der Waals surface area (Å²) in [5.74, 6) is -3.48. The van der Waals surface area contributed by atoms with Crippen LogP contribution in [-0.4, -0.2) is 45.2 Å². The van der Waals surface area contributed by atoms with Crippen LogP contribution < -0.4 is 10.1 Å². The molecule has 0 aliphatic rings. The van der Waals surface area contributed by atoms with Gasteiger partial charge in [0.15, 0.2) is 18.1 Å². The molecule has 2 heterocycles. The summed E-state index contributed by atoms with van der Waals surface area (Å²) in [6.07, 6.45) is 2.58. The molecule has 33 heavy (non-hydrogen) atoms. The molecule has 0 spiro atoms. The molecule has 0 saturated carbocycles. The lowest BCUT2D eigenvalue weighted by Gasteiger charge is -2.06. The molecule has 0 aliphatic heterocycles. The molecule has 0 saturated heterocycles. The molecule has 0 radical (unpaired) electrons. The zero-order valence-corrected chi connectivity index (χ0v) is 17.4. The Morgan fingerprint density at radius 2 is 1.79 bits per heavy atom. The second-order valence-corrected chi connectivity index (χ2v) is 8.01. The first-order valence-corrected chi connectivity index (χ1v) is 10.3. The van der Waals surface area contributed by atoms with Gasteiger partial charge in [-0.25, -0.2) is 9.59 Å². The molecule has 0 unspecified atom stereocenters. The summed E-state index contributed by atoms with van der Waals surface area (Å²) >= 11 is 0. The molecule has 1 aromatic carbocycles. The van der Waals surface area contributed by atoms with E-state index in [0.29, 0.717) is 6.07 Å². The van der Waals surface area contributed by atoms with E-state index in [1.54, 1.807) is 0 Å². The summed E-state index contributed by atoms with van der Waals surface area (Å²) in [4.78, 5) is 36.6. The number of carboxylic acids is 2. The standard InChI is InChI=1S/C19H14N4O9S/c1-9-14(22-21-13-5-4-11(33(30,31)32)7-12(13)19(28)29)16(24)20-17(25)15(9)23-6-2-3-10(8-23)18(26)27/h2-8H,1H3,(H4-,20,21,24,25,26,27,28,29,30,31,32)/p+1. The van der Waals surface area contributed by atoms with Gasteiger partial charge >= 0.3 is 17.5 Å². The third-order valence-electron chi connectivity index (χ3n) is 4.44. The minimum atomic E-state index is -4.67. The number of nitrogens with zero attached hydrogens (tertiary/aromatic N) is 3. The third kappa shape index (κ3) is 4.76. The minimum Gasteiger partial charge on any atom is -0.493 e. The first-order valence-electron chi connectivity index (χ1n) is 8.87. The normalized spacial score (nSPS) is 11.6. The number of aromatic nitrogens is 2. The number of carboxylic acid groups (broad SMARTS) is 2. The van der Waals surface area contributed by atoms with Crippen LogP contribution in [0.1, 0.15) is 26.3 Å². The van der Waals surface area contributed by atoms with Gasteiger partial charge < -0.3 is 15.3 Å². The van der Waals surface area contributed by atoms with Crippen molar-refractivity contribution >= 4 is 33.4 Å². The van der Waals surface area contributed by atoms with Gasteiger partial charge in [-0.3, -0.25) is 14.3 Å². The van der Waals surface area contributed by atoms with Crippen molar-refractivity contribution in [1.82, 2.24) is 4.98 Å². The number of aromatic carboxylic acids is 2. The lowest BCUT2D eigenvalue weighted by molar-refractivity contribution is -0.597. The highest BCUT2D eigenvalue weighted by atomic mass is 32.2. The van der Waals surface area contributed by atoms with E-state index in [-0.39, 0.29) is 28.2 Å². The third-order valence-corrected chi connectivity index (χ3v) is 5.29. The van der Waals surface area contributed by atoms with E-state index in [1.807, 2.05) is 0 Å². The first-order chi connectivity index (χ1) is 15.4. The van der Waals surface area contributed by atoms with Crippen molar-refractivity contribution in [3.8, 4) is 11.6 Å². The Bertz CT molecular complexity index is 1490. The van der Waals surface area contributed by atoms with Gasteiger partial charge in [0, 0.05) is 6.07 Å². The average Bonchev–Trinajstić information content (AvgIpc) is 2.72. The number of nitrogens with one attached hydrogen (secondary N) is 1. The van der Waals surface area contributed by atoms with Crippen LogP contribution >= 0.6 is 0 Å². The number of rotatable bonds is 6. The maximum Gasteiger partial charge on any atom is 0.341 e. The Hall–Kier alpha value is -4.43. The molecular formula is C19H15N4O9S+. The minimum absolute atomic E-state index is 0.0787. The van der Waals surface area contributed by atoms with Crippen LogP contribution in [-0.2, 0) is 10.1 Å². The topological polar surface area (TPSA) is 211 Å². The van der Waals surface area contributed by atoms with Crippen LogP contribution in [0.2, 0.25) is 0 Å². The van der Waals surface area contributed by atoms with Crippen molar-refractivity contribution in [3.63, 3.8) is 0 Å². The molecule has 0 bridgehead atoms. The van der Waals surface area contributed by atoms with E-state index in [9.17, 15) is 38.1 Å². The average molecular weight is 475 g/mol. The van der Waals surface area contributed by atoms with Gasteiger partial charge in [0.1, 0.15) is 11.3 Å². The Balaban J connectivity index is 2.15. The van der Waals surface area contributed by atoms with Crippen molar-refractivity contribution in [3.05, 3.63) is 69.8 Å². The molecule has 13 nitrogen and oxygen atoms in total. The Kier molecular flexibility index (Phi) is 6.06. The van der Waals surface area contributed by atoms with Crippen molar-refractivity contribution in [2.75, 3.05) is 0 Å². The van der Waals surface area contributed by atoms with E-state index >= 15 is 0 Å². The monoisotopic (exact) mass is 475 g/mol. The number of carbonyl (C=O) groups is 2. The van der Waals surface area contributed by atoms with Crippen molar-refractivity contribution in [2.45, 2.75) is 11.8 Å². The van der Waals surface area contributed by atoms with Crippen LogP contribution in [0.3, 0.4) is 0 Å². The highest BCUT2D eigenvalue weighted by molar-refractivity contribution is 7.85. The van der Waals surface area contributed by atoms with Gasteiger partial charge in [-0.15, -0.1) is 10.2 Å². The van der Waals surface area contributed by atoms with Crippen molar-refractivity contribution in [1.29, 1.82) is 0 Å². The summed E-state index contributed by atoms with van der Waals surface area (Å²) in [7, 11) is -4.67.